The number of likely N-dealkylation sites (N-methyl/N-ethyl adjacent to an activating group) is 1. The zero-order valence-corrected chi connectivity index (χ0v) is 19.9. The minimum Gasteiger partial charge on any atom is -0.423 e. The highest BCUT2D eigenvalue weighted by atomic mass is 16.4. The lowest BCUT2D eigenvalue weighted by Crippen LogP contribution is -2.44. The van der Waals surface area contributed by atoms with Crippen LogP contribution in [0, 0.1) is 0 Å². The first-order valence-electron chi connectivity index (χ1n) is 12.3. The predicted octanol–water partition coefficient (Wildman–Crippen LogP) is 3.54. The van der Waals surface area contributed by atoms with E-state index < -0.39 is 0 Å². The van der Waals surface area contributed by atoms with E-state index in [1.165, 1.54) is 6.42 Å². The Kier molecular flexibility index (Phi) is 5.65. The number of piperazine rings is 1. The molecule has 3 N–H and O–H groups in total. The zero-order valence-electron chi connectivity index (χ0n) is 19.9. The predicted molar refractivity (Wildman–Crippen MR) is 136 cm³/mol. The van der Waals surface area contributed by atoms with E-state index in [0.29, 0.717) is 17.3 Å². The van der Waals surface area contributed by atoms with Crippen molar-refractivity contribution < 1.29 is 9.21 Å². The van der Waals surface area contributed by atoms with Crippen LogP contribution in [-0.4, -0.2) is 77.3 Å². The lowest BCUT2D eigenvalue weighted by atomic mass is 10.1. The number of benzene rings is 1. The number of hydrogen-bond acceptors (Lipinski definition) is 7. The number of nitrogens with one attached hydrogen (secondary N) is 3. The summed E-state index contributed by atoms with van der Waals surface area (Å²) in [6.45, 7) is 5.66. The van der Waals surface area contributed by atoms with Gasteiger partial charge in [0.15, 0.2) is 5.58 Å². The largest absolute Gasteiger partial charge is 0.423 e. The van der Waals surface area contributed by atoms with Crippen LogP contribution < -0.4 is 15.1 Å². The molecule has 2 fully saturated rings. The number of carbonyl (C=O) groups is 1. The van der Waals surface area contributed by atoms with Crippen molar-refractivity contribution in [2.45, 2.75) is 19.3 Å². The number of rotatable bonds is 5. The van der Waals surface area contributed by atoms with E-state index in [4.69, 9.17) is 9.40 Å². The minimum atomic E-state index is -0.202. The lowest BCUT2D eigenvalue weighted by molar-refractivity contribution is 0.102. The highest BCUT2D eigenvalue weighted by Gasteiger charge is 2.23. The van der Waals surface area contributed by atoms with Gasteiger partial charge in [-0.25, -0.2) is 0 Å². The van der Waals surface area contributed by atoms with E-state index in [1.54, 1.807) is 12.3 Å². The molecular weight excluding hydrogens is 444 g/mol. The summed E-state index contributed by atoms with van der Waals surface area (Å²) in [4.78, 5) is 28.0. The molecule has 0 radical (unpaired) electrons. The van der Waals surface area contributed by atoms with E-state index in [1.807, 2.05) is 18.2 Å². The van der Waals surface area contributed by atoms with E-state index in [0.717, 1.165) is 80.4 Å². The molecule has 1 aromatic carbocycles. The molecule has 5 heterocycles. The number of fused-ring (bicyclic) bond motifs is 1. The van der Waals surface area contributed by atoms with Gasteiger partial charge in [-0.1, -0.05) is 0 Å². The summed E-state index contributed by atoms with van der Waals surface area (Å²) in [6, 6.07) is 10.1. The van der Waals surface area contributed by atoms with Crippen LogP contribution in [0.2, 0.25) is 0 Å². The van der Waals surface area contributed by atoms with Crippen LogP contribution in [0.1, 0.15) is 29.8 Å². The fraction of sp³-hybridized carbons (Fsp3) is 0.400. The molecule has 1 amide bonds. The maximum absolute atomic E-state index is 13.2. The summed E-state index contributed by atoms with van der Waals surface area (Å²) in [5.41, 5.74) is 5.35. The molecule has 0 spiro atoms. The summed E-state index contributed by atoms with van der Waals surface area (Å²) >= 11 is 0. The number of aromatic nitrogens is 4. The van der Waals surface area contributed by atoms with Gasteiger partial charge in [0.2, 0.25) is 0 Å². The second-order valence-electron chi connectivity index (χ2n) is 9.38. The second kappa shape index (κ2) is 9.10. The third-order valence-electron chi connectivity index (χ3n) is 6.93. The van der Waals surface area contributed by atoms with E-state index in [-0.39, 0.29) is 5.91 Å². The van der Waals surface area contributed by atoms with Gasteiger partial charge in [0.1, 0.15) is 11.2 Å². The van der Waals surface area contributed by atoms with Crippen molar-refractivity contribution >= 4 is 34.4 Å². The number of anilines is 3. The molecule has 3 aromatic heterocycles. The first kappa shape index (κ1) is 21.7. The van der Waals surface area contributed by atoms with Crippen molar-refractivity contribution in [3.63, 3.8) is 0 Å². The quantitative estimate of drug-likeness (QED) is 0.406. The van der Waals surface area contributed by atoms with Crippen LogP contribution >= 0.6 is 0 Å². The van der Waals surface area contributed by atoms with Crippen LogP contribution in [0.3, 0.4) is 0 Å². The number of amides is 1. The Labute approximate surface area is 203 Å². The molecular formula is C25H30N8O2. The highest BCUT2D eigenvalue weighted by molar-refractivity contribution is 6.06. The maximum atomic E-state index is 13.2. The average Bonchev–Trinajstić information content (AvgIpc) is 3.65. The molecule has 0 bridgehead atoms. The number of hydrogen-bond donors (Lipinski definition) is 3. The highest BCUT2D eigenvalue weighted by Crippen LogP contribution is 2.35. The van der Waals surface area contributed by atoms with Gasteiger partial charge in [-0.2, -0.15) is 10.1 Å². The molecule has 0 atom stereocenters. The molecule has 2 aliphatic heterocycles. The van der Waals surface area contributed by atoms with Crippen LogP contribution in [0.15, 0.2) is 40.9 Å². The first-order valence-corrected chi connectivity index (χ1v) is 12.3. The van der Waals surface area contributed by atoms with Gasteiger partial charge < -0.3 is 29.4 Å². The van der Waals surface area contributed by atoms with Crippen LogP contribution in [0.5, 0.6) is 0 Å². The first-order chi connectivity index (χ1) is 17.1. The van der Waals surface area contributed by atoms with Gasteiger partial charge >= 0.3 is 0 Å². The van der Waals surface area contributed by atoms with Gasteiger partial charge in [-0.15, -0.1) is 0 Å². The Morgan fingerprint density at radius 1 is 0.971 bits per heavy atom. The standard InChI is InChI=1S/C25H30N8O2/c1-31-11-13-33(14-12-31)25-29-21-15-22(32-9-3-2-4-10-32)20(16-23(21)35-25)28-24(34)19-6-5-17(27-19)18-7-8-26-30-18/h5-8,15-16,27H,2-4,9-14H2,1H3,(H,26,30)(H,28,34). The summed E-state index contributed by atoms with van der Waals surface area (Å²) in [6.07, 6.45) is 5.20. The summed E-state index contributed by atoms with van der Waals surface area (Å²) in [5.74, 6) is -0.202. The second-order valence-corrected chi connectivity index (χ2v) is 9.38. The molecule has 10 heteroatoms. The summed E-state index contributed by atoms with van der Waals surface area (Å²) < 4.78 is 6.17. The van der Waals surface area contributed by atoms with E-state index in [2.05, 4.69) is 48.3 Å². The third kappa shape index (κ3) is 4.37. The minimum absolute atomic E-state index is 0.202. The number of aromatic amines is 2. The van der Waals surface area contributed by atoms with Gasteiger partial charge in [-0.3, -0.25) is 9.89 Å². The number of piperidine rings is 1. The summed E-state index contributed by atoms with van der Waals surface area (Å²) in [5, 5.41) is 10.0. The maximum Gasteiger partial charge on any atom is 0.298 e. The topological polar surface area (TPSA) is 109 Å². The molecule has 35 heavy (non-hydrogen) atoms. The van der Waals surface area contributed by atoms with E-state index >= 15 is 0 Å². The zero-order chi connectivity index (χ0) is 23.8. The van der Waals surface area contributed by atoms with Gasteiger partial charge in [0.25, 0.3) is 11.9 Å². The van der Waals surface area contributed by atoms with Crippen molar-refractivity contribution in [1.29, 1.82) is 0 Å². The Morgan fingerprint density at radius 2 is 1.80 bits per heavy atom. The Bertz CT molecular complexity index is 1310. The smallest absolute Gasteiger partial charge is 0.298 e. The van der Waals surface area contributed by atoms with E-state index in [9.17, 15) is 4.79 Å². The van der Waals surface area contributed by atoms with Crippen molar-refractivity contribution in [3.8, 4) is 11.4 Å². The molecule has 4 aromatic rings. The third-order valence-corrected chi connectivity index (χ3v) is 6.93. The lowest BCUT2D eigenvalue weighted by Gasteiger charge is -2.31. The molecule has 2 aliphatic rings. The van der Waals surface area contributed by atoms with Gasteiger partial charge in [0.05, 0.1) is 22.8 Å². The molecule has 10 nitrogen and oxygen atoms in total. The number of oxazole rings is 1. The van der Waals surface area contributed by atoms with Crippen molar-refractivity contribution in [2.75, 3.05) is 61.4 Å². The summed E-state index contributed by atoms with van der Waals surface area (Å²) in [7, 11) is 2.13. The van der Waals surface area contributed by atoms with Crippen molar-refractivity contribution in [2.24, 2.45) is 0 Å². The Morgan fingerprint density at radius 3 is 2.57 bits per heavy atom. The molecule has 6 rings (SSSR count). The normalized spacial score (nSPS) is 17.3. The SMILES string of the molecule is CN1CCN(c2nc3cc(N4CCCCC4)c(NC(=O)c4ccc(-c5ccn[nH]5)[nH]4)cc3o2)CC1. The van der Waals surface area contributed by atoms with Crippen molar-refractivity contribution in [3.05, 3.63) is 42.2 Å². The molecule has 182 valence electrons. The fourth-order valence-electron chi connectivity index (χ4n) is 4.86. The number of H-pyrrole nitrogens is 2. The molecule has 0 unspecified atom stereocenters. The molecule has 0 aliphatic carbocycles. The molecule has 0 saturated carbocycles. The fourth-order valence-corrected chi connectivity index (χ4v) is 4.86. The van der Waals surface area contributed by atoms with Gasteiger partial charge in [-0.05, 0) is 50.6 Å². The van der Waals surface area contributed by atoms with Gasteiger partial charge in [0, 0.05) is 51.5 Å². The Balaban J connectivity index is 1.31. The number of nitrogens with zero attached hydrogens (tertiary/aromatic N) is 5. The number of carbonyl (C=O) groups excluding carboxylic acids is 1. The average molecular weight is 475 g/mol. The molecule has 2 saturated heterocycles. The van der Waals surface area contributed by atoms with Crippen LogP contribution in [0.25, 0.3) is 22.5 Å². The monoisotopic (exact) mass is 474 g/mol. The van der Waals surface area contributed by atoms with Crippen LogP contribution in [0.4, 0.5) is 17.4 Å². The Hall–Kier alpha value is -3.79. The van der Waals surface area contributed by atoms with Crippen LogP contribution in [-0.2, 0) is 0 Å². The van der Waals surface area contributed by atoms with Crippen molar-refractivity contribution in [1.82, 2.24) is 25.1 Å².